The van der Waals surface area contributed by atoms with Crippen LogP contribution in [0.25, 0.3) is 11.4 Å². The van der Waals surface area contributed by atoms with Gasteiger partial charge in [0.1, 0.15) is 5.82 Å². The highest BCUT2D eigenvalue weighted by Gasteiger charge is 2.38. The van der Waals surface area contributed by atoms with E-state index in [4.69, 9.17) is 0 Å². The fraction of sp³-hybridized carbons (Fsp3) is 0.214. The Hall–Kier alpha value is -3.04. The number of pyridine rings is 1. The Morgan fingerprint density at radius 3 is 2.54 bits per heavy atom. The first-order valence-corrected chi connectivity index (χ1v) is 6.82. The molecule has 0 aromatic carbocycles. The molecule has 24 heavy (non-hydrogen) atoms. The van der Waals surface area contributed by atoms with E-state index in [2.05, 4.69) is 35.2 Å². The van der Waals surface area contributed by atoms with Crippen molar-refractivity contribution in [3.63, 3.8) is 0 Å². The molecule has 1 N–H and O–H groups in total. The zero-order valence-electron chi connectivity index (χ0n) is 12.4. The van der Waals surface area contributed by atoms with E-state index in [1.807, 2.05) is 13.0 Å². The highest BCUT2D eigenvalue weighted by atomic mass is 19.4. The van der Waals surface area contributed by atoms with Crippen molar-refractivity contribution in [2.24, 2.45) is 0 Å². The van der Waals surface area contributed by atoms with Crippen LogP contribution in [0, 0.1) is 6.92 Å². The second-order valence-electron chi connectivity index (χ2n) is 4.87. The van der Waals surface area contributed by atoms with Gasteiger partial charge in [-0.15, -0.1) is 5.10 Å². The van der Waals surface area contributed by atoms with Crippen LogP contribution in [0.2, 0.25) is 0 Å². The van der Waals surface area contributed by atoms with E-state index in [0.717, 1.165) is 5.69 Å². The molecular formula is C14H11F3N6O. The monoisotopic (exact) mass is 336 g/mol. The molecule has 3 rings (SSSR count). The van der Waals surface area contributed by atoms with Gasteiger partial charge in [-0.25, -0.2) is 0 Å². The average molecular weight is 336 g/mol. The first-order valence-electron chi connectivity index (χ1n) is 6.82. The molecule has 0 bridgehead atoms. The van der Waals surface area contributed by atoms with Crippen LogP contribution in [0.5, 0.6) is 0 Å². The number of anilines is 1. The summed E-state index contributed by atoms with van der Waals surface area (Å²) in [4.78, 5) is 7.45. The Labute approximate surface area is 133 Å². The fourth-order valence-electron chi connectivity index (χ4n) is 1.79. The molecule has 0 radical (unpaired) electrons. The molecular weight excluding hydrogens is 325 g/mol. The summed E-state index contributed by atoms with van der Waals surface area (Å²) in [7, 11) is 0. The number of halogens is 3. The van der Waals surface area contributed by atoms with Crippen molar-refractivity contribution in [1.82, 2.24) is 25.3 Å². The van der Waals surface area contributed by atoms with E-state index in [9.17, 15) is 13.2 Å². The Morgan fingerprint density at radius 2 is 1.96 bits per heavy atom. The maximum absolute atomic E-state index is 12.4. The van der Waals surface area contributed by atoms with Crippen LogP contribution in [0.1, 0.15) is 17.3 Å². The molecule has 0 saturated carbocycles. The predicted octanol–water partition coefficient (Wildman–Crippen LogP) is 2.86. The zero-order chi connectivity index (χ0) is 17.2. The largest absolute Gasteiger partial charge is 0.471 e. The lowest BCUT2D eigenvalue weighted by Crippen LogP contribution is -2.05. The van der Waals surface area contributed by atoms with Crippen molar-refractivity contribution in [1.29, 1.82) is 0 Å². The van der Waals surface area contributed by atoms with Crippen LogP contribution in [-0.4, -0.2) is 25.3 Å². The molecule has 0 atom stereocenters. The Kier molecular flexibility index (Phi) is 4.11. The molecule has 3 aromatic rings. The van der Waals surface area contributed by atoms with Gasteiger partial charge in [-0.3, -0.25) is 4.98 Å². The summed E-state index contributed by atoms with van der Waals surface area (Å²) < 4.78 is 41.5. The summed E-state index contributed by atoms with van der Waals surface area (Å²) >= 11 is 0. The maximum Gasteiger partial charge on any atom is 0.471 e. The van der Waals surface area contributed by atoms with Crippen LogP contribution in [-0.2, 0) is 12.7 Å². The molecule has 0 aliphatic rings. The molecule has 0 saturated heterocycles. The second-order valence-corrected chi connectivity index (χ2v) is 4.87. The minimum atomic E-state index is -4.67. The number of hydrogen-bond acceptors (Lipinski definition) is 7. The van der Waals surface area contributed by atoms with Gasteiger partial charge in [0.05, 0.1) is 17.9 Å². The van der Waals surface area contributed by atoms with Crippen LogP contribution in [0.15, 0.2) is 35.0 Å². The first kappa shape index (κ1) is 15.8. The lowest BCUT2D eigenvalue weighted by molar-refractivity contribution is -0.159. The zero-order valence-corrected chi connectivity index (χ0v) is 12.4. The average Bonchev–Trinajstić information content (AvgIpc) is 3.05. The Balaban J connectivity index is 1.67. The van der Waals surface area contributed by atoms with Gasteiger partial charge in [0.2, 0.25) is 5.82 Å². The minimum absolute atomic E-state index is 0.168. The van der Waals surface area contributed by atoms with Crippen molar-refractivity contribution < 1.29 is 17.7 Å². The van der Waals surface area contributed by atoms with Gasteiger partial charge < -0.3 is 9.84 Å². The lowest BCUT2D eigenvalue weighted by atomic mass is 10.2. The van der Waals surface area contributed by atoms with Gasteiger partial charge in [0.25, 0.3) is 0 Å². The van der Waals surface area contributed by atoms with E-state index in [1.165, 1.54) is 6.20 Å². The molecule has 0 spiro atoms. The maximum atomic E-state index is 12.4. The molecule has 0 unspecified atom stereocenters. The highest BCUT2D eigenvalue weighted by molar-refractivity contribution is 5.52. The molecule has 0 aliphatic carbocycles. The predicted molar refractivity (Wildman–Crippen MR) is 76.6 cm³/mol. The summed E-state index contributed by atoms with van der Waals surface area (Å²) in [5.74, 6) is -0.959. The molecule has 3 aromatic heterocycles. The molecule has 0 fully saturated rings. The van der Waals surface area contributed by atoms with Crippen LogP contribution in [0.3, 0.4) is 0 Å². The standard InChI is InChI=1S/C14H11F3N6O/c1-8-2-5-11(22-21-8)19-7-10-4-3-9(6-18-10)12-20-13(24-23-12)14(15,16)17/h2-6H,7H2,1H3,(H,19,22). The van der Waals surface area contributed by atoms with E-state index in [-0.39, 0.29) is 5.82 Å². The number of rotatable bonds is 4. The van der Waals surface area contributed by atoms with Crippen molar-refractivity contribution in [2.45, 2.75) is 19.6 Å². The van der Waals surface area contributed by atoms with Crippen LogP contribution >= 0.6 is 0 Å². The topological polar surface area (TPSA) is 89.6 Å². The first-order chi connectivity index (χ1) is 11.4. The summed E-state index contributed by atoms with van der Waals surface area (Å²) in [6, 6.07) is 6.82. The van der Waals surface area contributed by atoms with Crippen molar-refractivity contribution in [3.8, 4) is 11.4 Å². The molecule has 0 amide bonds. The van der Waals surface area contributed by atoms with Gasteiger partial charge >= 0.3 is 12.1 Å². The van der Waals surface area contributed by atoms with Gasteiger partial charge in [-0.1, -0.05) is 5.16 Å². The van der Waals surface area contributed by atoms with Gasteiger partial charge in [-0.05, 0) is 31.2 Å². The van der Waals surface area contributed by atoms with E-state index in [1.54, 1.807) is 18.2 Å². The normalized spacial score (nSPS) is 11.5. The number of nitrogens with zero attached hydrogens (tertiary/aromatic N) is 5. The number of hydrogen-bond donors (Lipinski definition) is 1. The van der Waals surface area contributed by atoms with Gasteiger partial charge in [0.15, 0.2) is 0 Å². The minimum Gasteiger partial charge on any atom is -0.363 e. The molecule has 10 heteroatoms. The third-order valence-corrected chi connectivity index (χ3v) is 3.00. The summed E-state index contributed by atoms with van der Waals surface area (Å²) in [5.41, 5.74) is 1.80. The molecule has 3 heterocycles. The van der Waals surface area contributed by atoms with E-state index in [0.29, 0.717) is 23.6 Å². The van der Waals surface area contributed by atoms with Crippen LogP contribution in [0.4, 0.5) is 19.0 Å². The second kappa shape index (κ2) is 6.22. The number of aryl methyl sites for hydroxylation is 1. The lowest BCUT2D eigenvalue weighted by Gasteiger charge is -2.04. The number of nitrogens with one attached hydrogen (secondary N) is 1. The van der Waals surface area contributed by atoms with E-state index < -0.39 is 12.1 Å². The molecule has 7 nitrogen and oxygen atoms in total. The third-order valence-electron chi connectivity index (χ3n) is 3.00. The Morgan fingerprint density at radius 1 is 1.12 bits per heavy atom. The highest BCUT2D eigenvalue weighted by Crippen LogP contribution is 2.29. The molecule has 0 aliphatic heterocycles. The van der Waals surface area contributed by atoms with Crippen molar-refractivity contribution in [3.05, 3.63) is 47.7 Å². The van der Waals surface area contributed by atoms with Gasteiger partial charge in [-0.2, -0.15) is 23.3 Å². The summed E-state index contributed by atoms with van der Waals surface area (Å²) in [6.07, 6.45) is -3.29. The van der Waals surface area contributed by atoms with Crippen molar-refractivity contribution in [2.75, 3.05) is 5.32 Å². The Bertz CT molecular complexity index is 814. The number of aromatic nitrogens is 5. The summed E-state index contributed by atoms with van der Waals surface area (Å²) in [5, 5.41) is 14.2. The number of alkyl halides is 3. The van der Waals surface area contributed by atoms with Gasteiger partial charge in [0, 0.05) is 11.8 Å². The quantitative estimate of drug-likeness (QED) is 0.783. The smallest absolute Gasteiger partial charge is 0.363 e. The van der Waals surface area contributed by atoms with Crippen molar-refractivity contribution >= 4 is 5.82 Å². The summed E-state index contributed by atoms with van der Waals surface area (Å²) in [6.45, 7) is 2.22. The van der Waals surface area contributed by atoms with Crippen LogP contribution < -0.4 is 5.32 Å². The fourth-order valence-corrected chi connectivity index (χ4v) is 1.79. The van der Waals surface area contributed by atoms with E-state index >= 15 is 0 Å². The molecule has 124 valence electrons. The third kappa shape index (κ3) is 3.65. The SMILES string of the molecule is Cc1ccc(NCc2ccc(-c3noc(C(F)(F)F)n3)cn2)nn1.